The summed E-state index contributed by atoms with van der Waals surface area (Å²) in [5, 5.41) is 11.2. The molecular formula is C13H26N4S. The molecule has 1 aromatic heterocycles. The Morgan fingerprint density at radius 3 is 2.67 bits per heavy atom. The Kier molecular flexibility index (Phi) is 6.18. The summed E-state index contributed by atoms with van der Waals surface area (Å²) in [5.74, 6) is 0. The van der Waals surface area contributed by atoms with Crippen LogP contribution in [0.25, 0.3) is 0 Å². The van der Waals surface area contributed by atoms with Crippen LogP contribution >= 0.6 is 11.5 Å². The van der Waals surface area contributed by atoms with Gasteiger partial charge in [-0.3, -0.25) is 0 Å². The zero-order valence-corrected chi connectivity index (χ0v) is 13.0. The maximum atomic E-state index is 4.18. The Hall–Kier alpha value is -0.520. The van der Waals surface area contributed by atoms with Crippen LogP contribution in [-0.4, -0.2) is 27.7 Å². The number of aromatic nitrogens is 2. The van der Waals surface area contributed by atoms with Gasteiger partial charge in [-0.05, 0) is 45.6 Å². The van der Waals surface area contributed by atoms with Crippen molar-refractivity contribution in [3.63, 3.8) is 0 Å². The second-order valence-electron chi connectivity index (χ2n) is 5.81. The van der Waals surface area contributed by atoms with Crippen molar-refractivity contribution in [3.8, 4) is 0 Å². The van der Waals surface area contributed by atoms with Crippen LogP contribution in [0.2, 0.25) is 0 Å². The molecule has 0 amide bonds. The van der Waals surface area contributed by atoms with Crippen LogP contribution in [0.3, 0.4) is 0 Å². The topological polar surface area (TPSA) is 49.8 Å². The Balaban J connectivity index is 2.33. The fraction of sp³-hybridized carbons (Fsp3) is 0.846. The third kappa shape index (κ3) is 5.89. The van der Waals surface area contributed by atoms with E-state index in [1.54, 1.807) is 0 Å². The van der Waals surface area contributed by atoms with Gasteiger partial charge in [0.25, 0.3) is 0 Å². The van der Waals surface area contributed by atoms with E-state index in [2.05, 4.69) is 54.8 Å². The molecule has 5 heteroatoms. The van der Waals surface area contributed by atoms with Crippen molar-refractivity contribution in [2.45, 2.75) is 65.6 Å². The molecule has 1 aromatic rings. The summed E-state index contributed by atoms with van der Waals surface area (Å²) >= 11 is 1.51. The predicted octanol–water partition coefficient (Wildman–Crippen LogP) is 2.36. The highest BCUT2D eigenvalue weighted by Gasteiger charge is 2.12. The van der Waals surface area contributed by atoms with Crippen LogP contribution in [0, 0.1) is 0 Å². The Morgan fingerprint density at radius 1 is 1.33 bits per heavy atom. The standard InChI is InChI=1S/C13H26N4S/c1-6-7-11-12(18-17-16-11)9-14-10(2)8-15-13(3,4)5/h10,14-15H,6-9H2,1-5H3. The number of hydrogen-bond donors (Lipinski definition) is 2. The molecule has 1 rings (SSSR count). The van der Waals surface area contributed by atoms with Crippen LogP contribution in [0.5, 0.6) is 0 Å². The van der Waals surface area contributed by atoms with Gasteiger partial charge in [0.15, 0.2) is 0 Å². The maximum Gasteiger partial charge on any atom is 0.0800 e. The van der Waals surface area contributed by atoms with Crippen LogP contribution in [0.4, 0.5) is 0 Å². The fourth-order valence-electron chi connectivity index (χ4n) is 1.59. The van der Waals surface area contributed by atoms with Crippen LogP contribution in [0.15, 0.2) is 0 Å². The number of hydrogen-bond acceptors (Lipinski definition) is 5. The van der Waals surface area contributed by atoms with E-state index < -0.39 is 0 Å². The summed E-state index contributed by atoms with van der Waals surface area (Å²) in [5.41, 5.74) is 1.33. The lowest BCUT2D eigenvalue weighted by molar-refractivity contribution is 0.387. The summed E-state index contributed by atoms with van der Waals surface area (Å²) in [4.78, 5) is 1.28. The number of rotatable bonds is 7. The molecule has 2 N–H and O–H groups in total. The molecule has 0 radical (unpaired) electrons. The molecule has 0 aliphatic rings. The average Bonchev–Trinajstić information content (AvgIpc) is 2.71. The third-order valence-corrected chi connectivity index (χ3v) is 3.43. The van der Waals surface area contributed by atoms with Crippen molar-refractivity contribution in [2.75, 3.05) is 6.54 Å². The van der Waals surface area contributed by atoms with Crippen molar-refractivity contribution in [1.82, 2.24) is 20.2 Å². The smallest absolute Gasteiger partial charge is 0.0800 e. The first-order chi connectivity index (χ1) is 8.42. The Bertz CT molecular complexity index is 343. The van der Waals surface area contributed by atoms with Gasteiger partial charge in [0, 0.05) is 24.7 Å². The second kappa shape index (κ2) is 7.16. The van der Waals surface area contributed by atoms with E-state index in [0.717, 1.165) is 31.6 Å². The molecule has 4 nitrogen and oxygen atoms in total. The molecule has 18 heavy (non-hydrogen) atoms. The molecule has 0 aliphatic heterocycles. The zero-order valence-electron chi connectivity index (χ0n) is 12.2. The summed E-state index contributed by atoms with van der Waals surface area (Å²) in [7, 11) is 0. The van der Waals surface area contributed by atoms with Crippen molar-refractivity contribution < 1.29 is 0 Å². The minimum Gasteiger partial charge on any atom is -0.311 e. The summed E-state index contributed by atoms with van der Waals surface area (Å²) in [6.07, 6.45) is 2.15. The van der Waals surface area contributed by atoms with Crippen molar-refractivity contribution >= 4 is 11.5 Å². The summed E-state index contributed by atoms with van der Waals surface area (Å²) in [6, 6.07) is 0.445. The highest BCUT2D eigenvalue weighted by molar-refractivity contribution is 7.05. The maximum absolute atomic E-state index is 4.18. The van der Waals surface area contributed by atoms with Gasteiger partial charge in [0.1, 0.15) is 0 Å². The van der Waals surface area contributed by atoms with Crippen LogP contribution in [-0.2, 0) is 13.0 Å². The highest BCUT2D eigenvalue weighted by atomic mass is 32.1. The van der Waals surface area contributed by atoms with Gasteiger partial charge in [0.2, 0.25) is 0 Å². The SMILES string of the molecule is CCCc1nnsc1CNC(C)CNC(C)(C)C. The molecule has 1 atom stereocenters. The lowest BCUT2D eigenvalue weighted by Gasteiger charge is -2.23. The average molecular weight is 270 g/mol. The first kappa shape index (κ1) is 15.5. The molecule has 104 valence electrons. The van der Waals surface area contributed by atoms with E-state index in [1.807, 2.05) is 0 Å². The summed E-state index contributed by atoms with van der Waals surface area (Å²) in [6.45, 7) is 12.8. The second-order valence-corrected chi connectivity index (χ2v) is 6.64. The third-order valence-electron chi connectivity index (χ3n) is 2.67. The monoisotopic (exact) mass is 270 g/mol. The molecule has 0 bridgehead atoms. The van der Waals surface area contributed by atoms with E-state index in [4.69, 9.17) is 0 Å². The van der Waals surface area contributed by atoms with Gasteiger partial charge in [-0.1, -0.05) is 17.8 Å². The van der Waals surface area contributed by atoms with E-state index in [0.29, 0.717) is 6.04 Å². The van der Waals surface area contributed by atoms with Gasteiger partial charge < -0.3 is 10.6 Å². The highest BCUT2D eigenvalue weighted by Crippen LogP contribution is 2.12. The molecule has 0 aromatic carbocycles. The quantitative estimate of drug-likeness (QED) is 0.798. The molecule has 1 heterocycles. The number of nitrogens with one attached hydrogen (secondary N) is 2. The fourth-order valence-corrected chi connectivity index (χ4v) is 2.22. The van der Waals surface area contributed by atoms with E-state index in [-0.39, 0.29) is 5.54 Å². The van der Waals surface area contributed by atoms with Crippen molar-refractivity contribution in [3.05, 3.63) is 10.6 Å². The molecule has 1 unspecified atom stereocenters. The van der Waals surface area contributed by atoms with Gasteiger partial charge in [-0.2, -0.15) is 0 Å². The van der Waals surface area contributed by atoms with Gasteiger partial charge in [-0.25, -0.2) is 0 Å². The molecular weight excluding hydrogens is 244 g/mol. The Labute approximate surface area is 115 Å². The minimum atomic E-state index is 0.176. The molecule has 0 fully saturated rings. The normalized spacial score (nSPS) is 13.8. The van der Waals surface area contributed by atoms with Gasteiger partial charge >= 0.3 is 0 Å². The molecule has 0 saturated heterocycles. The minimum absolute atomic E-state index is 0.176. The van der Waals surface area contributed by atoms with E-state index >= 15 is 0 Å². The van der Waals surface area contributed by atoms with Crippen molar-refractivity contribution in [1.29, 1.82) is 0 Å². The number of nitrogens with zero attached hydrogens (tertiary/aromatic N) is 2. The lowest BCUT2D eigenvalue weighted by atomic mass is 10.1. The molecule has 0 spiro atoms. The van der Waals surface area contributed by atoms with Gasteiger partial charge in [0.05, 0.1) is 10.6 Å². The lowest BCUT2D eigenvalue weighted by Crippen LogP contribution is -2.44. The largest absolute Gasteiger partial charge is 0.311 e. The molecule has 0 aliphatic carbocycles. The van der Waals surface area contributed by atoms with Crippen LogP contribution < -0.4 is 10.6 Å². The first-order valence-corrected chi connectivity index (χ1v) is 7.48. The van der Waals surface area contributed by atoms with Gasteiger partial charge in [-0.15, -0.1) is 5.10 Å². The van der Waals surface area contributed by atoms with Crippen LogP contribution in [0.1, 0.15) is 51.6 Å². The first-order valence-electron chi connectivity index (χ1n) is 6.71. The van der Waals surface area contributed by atoms with Crippen molar-refractivity contribution in [2.24, 2.45) is 0 Å². The van der Waals surface area contributed by atoms with E-state index in [9.17, 15) is 0 Å². The zero-order chi connectivity index (χ0) is 13.6. The predicted molar refractivity (Wildman–Crippen MR) is 78.0 cm³/mol. The van der Waals surface area contributed by atoms with E-state index in [1.165, 1.54) is 16.4 Å². The summed E-state index contributed by atoms with van der Waals surface area (Å²) < 4.78 is 4.04. The Morgan fingerprint density at radius 2 is 2.06 bits per heavy atom. The molecule has 0 saturated carbocycles. The number of aryl methyl sites for hydroxylation is 1.